The third kappa shape index (κ3) is 6.79. The number of aromatic nitrogens is 1. The van der Waals surface area contributed by atoms with Crippen molar-refractivity contribution in [3.05, 3.63) is 47.3 Å². The van der Waals surface area contributed by atoms with Gasteiger partial charge in [-0.2, -0.15) is 13.2 Å². The van der Waals surface area contributed by atoms with Crippen molar-refractivity contribution >= 4 is 27.8 Å². The number of aromatic hydroxyl groups is 2. The molecule has 0 unspecified atom stereocenters. The van der Waals surface area contributed by atoms with Gasteiger partial charge in [0.15, 0.2) is 16.6 Å². The van der Waals surface area contributed by atoms with Gasteiger partial charge in [-0.3, -0.25) is 0 Å². The summed E-state index contributed by atoms with van der Waals surface area (Å²) >= 11 is 1.23. The number of unbranched alkanes of at least 4 members (excludes halogenated alkanes) is 5. The van der Waals surface area contributed by atoms with E-state index in [4.69, 9.17) is 0 Å². The third-order valence-corrected chi connectivity index (χ3v) is 6.34. The van der Waals surface area contributed by atoms with E-state index in [9.17, 15) is 23.4 Å². The molecular weight excluding hydrogens is 463 g/mol. The second-order valence-electron chi connectivity index (χ2n) is 8.29. The summed E-state index contributed by atoms with van der Waals surface area (Å²) < 4.78 is 41.5. The highest BCUT2D eigenvalue weighted by Gasteiger charge is 2.34. The van der Waals surface area contributed by atoms with Crippen LogP contribution in [0, 0.1) is 0 Å². The zero-order valence-corrected chi connectivity index (χ0v) is 20.1. The first kappa shape index (κ1) is 25.7. The summed E-state index contributed by atoms with van der Waals surface area (Å²) in [6.07, 6.45) is 2.01. The maximum atomic E-state index is 13.8. The monoisotopic (exact) mass is 493 g/mol. The van der Waals surface area contributed by atoms with Crippen LogP contribution in [-0.2, 0) is 6.18 Å². The fourth-order valence-corrected chi connectivity index (χ4v) is 4.43. The fraction of sp³-hybridized carbons (Fsp3) is 0.400. The summed E-state index contributed by atoms with van der Waals surface area (Å²) in [6, 6.07) is 8.56. The first-order valence-corrected chi connectivity index (χ1v) is 12.2. The van der Waals surface area contributed by atoms with Gasteiger partial charge < -0.3 is 20.4 Å². The predicted octanol–water partition coefficient (Wildman–Crippen LogP) is 7.78. The number of halogens is 3. The van der Waals surface area contributed by atoms with Crippen molar-refractivity contribution in [3.8, 4) is 22.8 Å². The number of phenols is 2. The van der Waals surface area contributed by atoms with Crippen molar-refractivity contribution in [2.45, 2.75) is 51.6 Å². The lowest BCUT2D eigenvalue weighted by Gasteiger charge is -2.24. The van der Waals surface area contributed by atoms with E-state index in [1.54, 1.807) is 29.5 Å². The highest BCUT2D eigenvalue weighted by Crippen LogP contribution is 2.39. The summed E-state index contributed by atoms with van der Waals surface area (Å²) in [5.74, 6) is -0.506. The molecule has 0 fully saturated rings. The van der Waals surface area contributed by atoms with Gasteiger partial charge in [0.05, 0.1) is 11.3 Å². The number of benzene rings is 2. The molecule has 0 aliphatic rings. The average molecular weight is 494 g/mol. The molecule has 34 heavy (non-hydrogen) atoms. The summed E-state index contributed by atoms with van der Waals surface area (Å²) in [7, 11) is 1.70. The molecule has 0 saturated heterocycles. The van der Waals surface area contributed by atoms with Gasteiger partial charge in [0.25, 0.3) is 0 Å². The van der Waals surface area contributed by atoms with E-state index in [1.807, 2.05) is 0 Å². The Balaban J connectivity index is 1.71. The fourth-order valence-electron chi connectivity index (χ4n) is 3.69. The van der Waals surface area contributed by atoms with Crippen LogP contribution in [0.25, 0.3) is 11.3 Å². The smallest absolute Gasteiger partial charge is 0.418 e. The number of nitrogens with zero attached hydrogens (tertiary/aromatic N) is 2. The minimum atomic E-state index is -4.49. The Bertz CT molecular complexity index is 1090. The number of hydrogen-bond donors (Lipinski definition) is 3. The van der Waals surface area contributed by atoms with Gasteiger partial charge in [-0.05, 0) is 42.8 Å². The van der Waals surface area contributed by atoms with Crippen LogP contribution in [0.15, 0.2) is 41.8 Å². The molecular formula is C25H30F3N3O2S. The molecule has 0 saturated carbocycles. The highest BCUT2D eigenvalue weighted by atomic mass is 32.1. The maximum absolute atomic E-state index is 13.8. The van der Waals surface area contributed by atoms with Crippen LogP contribution in [0.1, 0.15) is 51.0 Å². The van der Waals surface area contributed by atoms with Crippen molar-refractivity contribution in [1.82, 2.24) is 4.98 Å². The molecule has 0 spiro atoms. The third-order valence-electron chi connectivity index (χ3n) is 5.59. The molecule has 0 amide bonds. The van der Waals surface area contributed by atoms with E-state index in [0.29, 0.717) is 28.6 Å². The Hall–Kier alpha value is -2.94. The minimum Gasteiger partial charge on any atom is -0.504 e. The Kier molecular flexibility index (Phi) is 8.66. The van der Waals surface area contributed by atoms with E-state index in [0.717, 1.165) is 31.7 Å². The number of rotatable bonds is 11. The van der Waals surface area contributed by atoms with Crippen molar-refractivity contribution in [1.29, 1.82) is 0 Å². The molecule has 0 atom stereocenters. The molecule has 2 aromatic carbocycles. The number of alkyl halides is 3. The molecule has 9 heteroatoms. The van der Waals surface area contributed by atoms with E-state index in [-0.39, 0.29) is 17.2 Å². The first-order valence-electron chi connectivity index (χ1n) is 11.4. The predicted molar refractivity (Wildman–Crippen MR) is 132 cm³/mol. The van der Waals surface area contributed by atoms with Gasteiger partial charge in [-0.1, -0.05) is 39.0 Å². The minimum absolute atomic E-state index is 0.158. The SMILES string of the molecule is CCCCCCCCN(C)c1ccc(Nc2nc(-c3ccc(O)c(O)c3)cs2)cc1C(F)(F)F. The van der Waals surface area contributed by atoms with Crippen LogP contribution in [0.5, 0.6) is 11.5 Å². The van der Waals surface area contributed by atoms with E-state index in [1.165, 1.54) is 42.4 Å². The van der Waals surface area contributed by atoms with E-state index in [2.05, 4.69) is 17.2 Å². The van der Waals surface area contributed by atoms with Gasteiger partial charge in [-0.15, -0.1) is 11.3 Å². The Morgan fingerprint density at radius 1 is 0.971 bits per heavy atom. The molecule has 1 aromatic heterocycles. The van der Waals surface area contributed by atoms with Gasteiger partial charge >= 0.3 is 6.18 Å². The molecule has 3 aromatic rings. The van der Waals surface area contributed by atoms with Crippen LogP contribution in [-0.4, -0.2) is 28.8 Å². The number of hydrogen-bond acceptors (Lipinski definition) is 6. The van der Waals surface area contributed by atoms with Crippen LogP contribution in [0.3, 0.4) is 0 Å². The van der Waals surface area contributed by atoms with Crippen molar-refractivity contribution in [2.75, 3.05) is 23.8 Å². The lowest BCUT2D eigenvalue weighted by atomic mass is 10.1. The maximum Gasteiger partial charge on any atom is 0.418 e. The topological polar surface area (TPSA) is 68.6 Å². The Labute approximate surface area is 201 Å². The van der Waals surface area contributed by atoms with Crippen LogP contribution >= 0.6 is 11.3 Å². The Morgan fingerprint density at radius 3 is 2.41 bits per heavy atom. The highest BCUT2D eigenvalue weighted by molar-refractivity contribution is 7.14. The van der Waals surface area contributed by atoms with E-state index >= 15 is 0 Å². The molecule has 0 bridgehead atoms. The second-order valence-corrected chi connectivity index (χ2v) is 9.14. The molecule has 0 aliphatic carbocycles. The summed E-state index contributed by atoms with van der Waals surface area (Å²) in [4.78, 5) is 6.06. The van der Waals surface area contributed by atoms with Gasteiger partial charge in [0.2, 0.25) is 0 Å². The molecule has 0 radical (unpaired) electrons. The number of thiazole rings is 1. The molecule has 184 valence electrons. The van der Waals surface area contributed by atoms with Crippen LogP contribution < -0.4 is 10.2 Å². The summed E-state index contributed by atoms with van der Waals surface area (Å²) in [5, 5.41) is 24.2. The molecule has 5 nitrogen and oxygen atoms in total. The normalized spacial score (nSPS) is 11.6. The van der Waals surface area contributed by atoms with Gasteiger partial charge in [-0.25, -0.2) is 4.98 Å². The van der Waals surface area contributed by atoms with Gasteiger partial charge in [0, 0.05) is 35.9 Å². The quantitative estimate of drug-likeness (QED) is 0.188. The summed E-state index contributed by atoms with van der Waals surface area (Å²) in [5.41, 5.74) is 0.882. The largest absolute Gasteiger partial charge is 0.504 e. The lowest BCUT2D eigenvalue weighted by Crippen LogP contribution is -2.22. The van der Waals surface area contributed by atoms with Crippen LogP contribution in [0.4, 0.5) is 29.7 Å². The zero-order valence-electron chi connectivity index (χ0n) is 19.3. The number of nitrogens with one attached hydrogen (secondary N) is 1. The molecule has 0 aliphatic heterocycles. The van der Waals surface area contributed by atoms with Gasteiger partial charge in [0.1, 0.15) is 0 Å². The average Bonchev–Trinajstić information content (AvgIpc) is 3.25. The van der Waals surface area contributed by atoms with Crippen molar-refractivity contribution in [2.24, 2.45) is 0 Å². The Morgan fingerprint density at radius 2 is 1.71 bits per heavy atom. The summed E-state index contributed by atoms with van der Waals surface area (Å²) in [6.45, 7) is 2.72. The van der Waals surface area contributed by atoms with Crippen molar-refractivity contribution < 1.29 is 23.4 Å². The molecule has 3 N–H and O–H groups in total. The van der Waals surface area contributed by atoms with Crippen molar-refractivity contribution in [3.63, 3.8) is 0 Å². The number of phenolic OH excluding ortho intramolecular Hbond substituents is 2. The second kappa shape index (κ2) is 11.5. The molecule has 1 heterocycles. The lowest BCUT2D eigenvalue weighted by molar-refractivity contribution is -0.137. The van der Waals surface area contributed by atoms with E-state index < -0.39 is 11.7 Å². The standard InChI is InChI=1S/C25H30F3N3O2S/c1-3-4-5-6-7-8-13-31(2)21-11-10-18(15-19(21)25(26,27)28)29-24-30-20(16-34-24)17-9-12-22(32)23(33)14-17/h9-12,14-16,32-33H,3-8,13H2,1-2H3,(H,29,30). The zero-order chi connectivity index (χ0) is 24.7. The van der Waals surface area contributed by atoms with Crippen LogP contribution in [0.2, 0.25) is 0 Å². The number of anilines is 3. The molecule has 3 rings (SSSR count). The first-order chi connectivity index (χ1) is 16.2.